The molecule has 0 heterocycles. The number of hydrogen-bond donors (Lipinski definition) is 1. The summed E-state index contributed by atoms with van der Waals surface area (Å²) in [7, 11) is 3.15. The Morgan fingerprint density at radius 2 is 1.76 bits per heavy atom. The number of benzene rings is 1. The maximum Gasteiger partial charge on any atom is 0.249 e. The van der Waals surface area contributed by atoms with Crippen LogP contribution < -0.4 is 15.2 Å². The molecule has 17 heavy (non-hydrogen) atoms. The van der Waals surface area contributed by atoms with Gasteiger partial charge in [0.2, 0.25) is 5.91 Å². The summed E-state index contributed by atoms with van der Waals surface area (Å²) in [6, 6.07) is 1.65. The molecule has 94 valence electrons. The molecule has 0 aliphatic carbocycles. The van der Waals surface area contributed by atoms with Gasteiger partial charge in [-0.2, -0.15) is 0 Å². The van der Waals surface area contributed by atoms with Crippen LogP contribution in [-0.4, -0.2) is 20.1 Å². The van der Waals surface area contributed by atoms with E-state index in [1.54, 1.807) is 20.3 Å². The van der Waals surface area contributed by atoms with Gasteiger partial charge in [-0.25, -0.2) is 0 Å². The van der Waals surface area contributed by atoms with Crippen LogP contribution in [-0.2, 0) is 12.8 Å². The number of methoxy groups -OCH3 is 2. The molecule has 0 spiro atoms. The molecule has 0 atom stereocenters. The van der Waals surface area contributed by atoms with Crippen molar-refractivity contribution in [2.24, 2.45) is 5.73 Å². The first-order valence-corrected chi connectivity index (χ1v) is 5.67. The van der Waals surface area contributed by atoms with Crippen molar-refractivity contribution in [2.75, 3.05) is 14.2 Å². The summed E-state index contributed by atoms with van der Waals surface area (Å²) < 4.78 is 10.6. The molecular weight excluding hydrogens is 218 g/mol. The number of amides is 1. The fourth-order valence-corrected chi connectivity index (χ4v) is 2.11. The van der Waals surface area contributed by atoms with Crippen LogP contribution in [0.1, 0.15) is 35.3 Å². The van der Waals surface area contributed by atoms with E-state index in [2.05, 4.69) is 0 Å². The van der Waals surface area contributed by atoms with E-state index in [0.717, 1.165) is 24.0 Å². The van der Waals surface area contributed by atoms with Gasteiger partial charge in [0.05, 0.1) is 14.2 Å². The van der Waals surface area contributed by atoms with E-state index in [0.29, 0.717) is 17.1 Å². The quantitative estimate of drug-likeness (QED) is 0.851. The summed E-state index contributed by atoms with van der Waals surface area (Å²) in [5.41, 5.74) is 7.84. The van der Waals surface area contributed by atoms with Crippen molar-refractivity contribution in [1.82, 2.24) is 0 Å². The Hall–Kier alpha value is -1.71. The van der Waals surface area contributed by atoms with Gasteiger partial charge < -0.3 is 15.2 Å². The van der Waals surface area contributed by atoms with E-state index in [4.69, 9.17) is 15.2 Å². The van der Waals surface area contributed by atoms with Crippen LogP contribution >= 0.6 is 0 Å². The normalized spacial score (nSPS) is 10.1. The van der Waals surface area contributed by atoms with Gasteiger partial charge in [-0.15, -0.1) is 0 Å². The van der Waals surface area contributed by atoms with Crippen LogP contribution in [0.4, 0.5) is 0 Å². The minimum Gasteiger partial charge on any atom is -0.493 e. The molecule has 0 bridgehead atoms. The van der Waals surface area contributed by atoms with E-state index in [-0.39, 0.29) is 0 Å². The second-order valence-electron chi connectivity index (χ2n) is 3.69. The monoisotopic (exact) mass is 237 g/mol. The first-order chi connectivity index (χ1) is 8.10. The molecule has 4 heteroatoms. The fraction of sp³-hybridized carbons (Fsp3) is 0.462. The van der Waals surface area contributed by atoms with E-state index in [9.17, 15) is 4.79 Å². The average Bonchev–Trinajstić information content (AvgIpc) is 2.35. The van der Waals surface area contributed by atoms with Crippen LogP contribution in [0.2, 0.25) is 0 Å². The Balaban J connectivity index is 3.60. The van der Waals surface area contributed by atoms with Gasteiger partial charge in [0.15, 0.2) is 11.5 Å². The predicted octanol–water partition coefficient (Wildman–Crippen LogP) is 1.93. The number of hydrogen-bond acceptors (Lipinski definition) is 3. The summed E-state index contributed by atoms with van der Waals surface area (Å²) in [5, 5.41) is 0. The molecule has 2 N–H and O–H groups in total. The lowest BCUT2D eigenvalue weighted by Gasteiger charge is -2.18. The highest BCUT2D eigenvalue weighted by Gasteiger charge is 2.19. The van der Waals surface area contributed by atoms with Crippen LogP contribution in [0.25, 0.3) is 0 Å². The van der Waals surface area contributed by atoms with Crippen molar-refractivity contribution < 1.29 is 14.3 Å². The topological polar surface area (TPSA) is 61.6 Å². The maximum absolute atomic E-state index is 11.4. The molecule has 0 unspecified atom stereocenters. The van der Waals surface area contributed by atoms with Crippen molar-refractivity contribution in [3.05, 3.63) is 22.8 Å². The molecule has 0 saturated carbocycles. The van der Waals surface area contributed by atoms with Gasteiger partial charge in [0.1, 0.15) is 0 Å². The van der Waals surface area contributed by atoms with Crippen LogP contribution in [0.3, 0.4) is 0 Å². The minimum atomic E-state index is -0.433. The Labute approximate surface area is 102 Å². The Morgan fingerprint density at radius 3 is 2.12 bits per heavy atom. The van der Waals surface area contributed by atoms with Gasteiger partial charge in [-0.1, -0.05) is 13.8 Å². The largest absolute Gasteiger partial charge is 0.493 e. The van der Waals surface area contributed by atoms with E-state index < -0.39 is 5.91 Å². The van der Waals surface area contributed by atoms with E-state index >= 15 is 0 Å². The van der Waals surface area contributed by atoms with Crippen molar-refractivity contribution in [3.8, 4) is 11.5 Å². The highest BCUT2D eigenvalue weighted by atomic mass is 16.5. The molecular formula is C13H19NO3. The number of carbonyl (C=O) groups is 1. The summed E-state index contributed by atoms with van der Waals surface area (Å²) >= 11 is 0. The molecule has 0 aliphatic rings. The number of nitrogens with two attached hydrogens (primary N) is 1. The standard InChI is InChI=1S/C13H19NO3/c1-5-8-9(6-2)12(17-4)11(16-3)7-10(8)13(14)15/h7H,5-6H2,1-4H3,(H2,14,15). The molecule has 1 amide bonds. The van der Waals surface area contributed by atoms with Crippen LogP contribution in [0.15, 0.2) is 6.07 Å². The summed E-state index contributed by atoms with van der Waals surface area (Å²) in [6.45, 7) is 4.01. The third-order valence-corrected chi connectivity index (χ3v) is 2.86. The smallest absolute Gasteiger partial charge is 0.249 e. The Kier molecular flexibility index (Phi) is 4.37. The van der Waals surface area contributed by atoms with Crippen molar-refractivity contribution in [3.63, 3.8) is 0 Å². The van der Waals surface area contributed by atoms with E-state index in [1.807, 2.05) is 13.8 Å². The molecule has 0 aromatic heterocycles. The molecule has 0 radical (unpaired) electrons. The lowest BCUT2D eigenvalue weighted by atomic mass is 9.95. The molecule has 0 aliphatic heterocycles. The number of rotatable bonds is 5. The van der Waals surface area contributed by atoms with Crippen LogP contribution in [0.5, 0.6) is 11.5 Å². The first-order valence-electron chi connectivity index (χ1n) is 5.67. The highest BCUT2D eigenvalue weighted by molar-refractivity contribution is 5.95. The zero-order valence-corrected chi connectivity index (χ0v) is 10.8. The van der Waals surface area contributed by atoms with Gasteiger partial charge in [0.25, 0.3) is 0 Å². The predicted molar refractivity (Wildman–Crippen MR) is 66.8 cm³/mol. The van der Waals surface area contributed by atoms with Crippen LogP contribution in [0, 0.1) is 0 Å². The molecule has 1 aromatic rings. The number of ether oxygens (including phenoxy) is 2. The fourth-order valence-electron chi connectivity index (χ4n) is 2.11. The van der Waals surface area contributed by atoms with Gasteiger partial charge in [0, 0.05) is 11.1 Å². The average molecular weight is 237 g/mol. The third-order valence-electron chi connectivity index (χ3n) is 2.86. The second-order valence-corrected chi connectivity index (χ2v) is 3.69. The van der Waals surface area contributed by atoms with E-state index in [1.165, 1.54) is 0 Å². The van der Waals surface area contributed by atoms with Crippen molar-refractivity contribution in [2.45, 2.75) is 26.7 Å². The van der Waals surface area contributed by atoms with Gasteiger partial charge in [-0.3, -0.25) is 4.79 Å². The zero-order valence-electron chi connectivity index (χ0n) is 10.8. The highest BCUT2D eigenvalue weighted by Crippen LogP contribution is 2.36. The van der Waals surface area contributed by atoms with Crippen molar-refractivity contribution >= 4 is 5.91 Å². The van der Waals surface area contributed by atoms with Gasteiger partial charge in [-0.05, 0) is 24.5 Å². The molecule has 1 aromatic carbocycles. The second kappa shape index (κ2) is 5.57. The zero-order chi connectivity index (χ0) is 13.0. The summed E-state index contributed by atoms with van der Waals surface area (Å²) in [5.74, 6) is 0.810. The number of primary amides is 1. The Bertz CT molecular complexity index is 427. The molecule has 0 saturated heterocycles. The minimum absolute atomic E-state index is 0.433. The maximum atomic E-state index is 11.4. The first kappa shape index (κ1) is 13.4. The Morgan fingerprint density at radius 1 is 1.18 bits per heavy atom. The van der Waals surface area contributed by atoms with Crippen molar-refractivity contribution in [1.29, 1.82) is 0 Å². The number of carbonyl (C=O) groups excluding carboxylic acids is 1. The lowest BCUT2D eigenvalue weighted by molar-refractivity contribution is 0.0999. The lowest BCUT2D eigenvalue weighted by Crippen LogP contribution is -2.16. The molecule has 0 fully saturated rings. The summed E-state index contributed by atoms with van der Waals surface area (Å²) in [4.78, 5) is 11.4. The van der Waals surface area contributed by atoms with Gasteiger partial charge >= 0.3 is 0 Å². The molecule has 4 nitrogen and oxygen atoms in total. The molecule has 1 rings (SSSR count). The summed E-state index contributed by atoms with van der Waals surface area (Å²) in [6.07, 6.45) is 1.51. The third kappa shape index (κ3) is 2.35. The SMILES string of the molecule is CCc1c(C(N)=O)cc(OC)c(OC)c1CC.